The monoisotopic (exact) mass is 246 g/mol. The van der Waals surface area contributed by atoms with Gasteiger partial charge in [0, 0.05) is 12.8 Å². The summed E-state index contributed by atoms with van der Waals surface area (Å²) in [5.74, 6) is 0.707. The van der Waals surface area contributed by atoms with Crippen molar-refractivity contribution in [2.75, 3.05) is 13.7 Å². The van der Waals surface area contributed by atoms with Gasteiger partial charge in [-0.2, -0.15) is 0 Å². The minimum absolute atomic E-state index is 0.0238. The van der Waals surface area contributed by atoms with Crippen LogP contribution >= 0.6 is 0 Å². The highest BCUT2D eigenvalue weighted by atomic mass is 16.5. The van der Waals surface area contributed by atoms with Crippen LogP contribution in [0.25, 0.3) is 0 Å². The van der Waals surface area contributed by atoms with Gasteiger partial charge in [-0.05, 0) is 31.5 Å². The lowest BCUT2D eigenvalue weighted by Gasteiger charge is -2.25. The van der Waals surface area contributed by atoms with E-state index in [4.69, 9.17) is 4.74 Å². The summed E-state index contributed by atoms with van der Waals surface area (Å²) in [6, 6.07) is 5.43. The zero-order valence-corrected chi connectivity index (χ0v) is 11.0. The lowest BCUT2D eigenvalue weighted by Crippen LogP contribution is -2.39. The van der Waals surface area contributed by atoms with Crippen molar-refractivity contribution in [1.82, 2.24) is 4.90 Å². The second-order valence-electron chi connectivity index (χ2n) is 4.40. The average Bonchev–Trinajstić information content (AvgIpc) is 2.51. The van der Waals surface area contributed by atoms with Crippen LogP contribution in [0.4, 0.5) is 5.69 Å². The normalized spacial score (nSPS) is 18.5. The SMILES string of the molecule is CCCN1C(=O)c2cc(OC)ccc2N=CC1C. The highest BCUT2D eigenvalue weighted by Crippen LogP contribution is 2.28. The number of aliphatic imine (C=N–C) groups is 1. The number of carbonyl (C=O) groups excluding carboxylic acids is 1. The predicted molar refractivity (Wildman–Crippen MR) is 71.9 cm³/mol. The number of hydrogen-bond acceptors (Lipinski definition) is 3. The van der Waals surface area contributed by atoms with Crippen molar-refractivity contribution in [2.45, 2.75) is 26.3 Å². The van der Waals surface area contributed by atoms with E-state index in [0.29, 0.717) is 17.0 Å². The first-order valence-electron chi connectivity index (χ1n) is 6.20. The van der Waals surface area contributed by atoms with Gasteiger partial charge in [-0.3, -0.25) is 9.79 Å². The molecular formula is C14H18N2O2. The number of amides is 1. The number of fused-ring (bicyclic) bond motifs is 1. The molecule has 0 radical (unpaired) electrons. The van der Waals surface area contributed by atoms with E-state index in [1.54, 1.807) is 13.2 Å². The third kappa shape index (κ3) is 2.23. The summed E-state index contributed by atoms with van der Waals surface area (Å²) in [4.78, 5) is 18.7. The van der Waals surface area contributed by atoms with Gasteiger partial charge in [-0.25, -0.2) is 0 Å². The van der Waals surface area contributed by atoms with Gasteiger partial charge >= 0.3 is 0 Å². The first kappa shape index (κ1) is 12.6. The number of carbonyl (C=O) groups is 1. The van der Waals surface area contributed by atoms with E-state index in [1.807, 2.05) is 30.2 Å². The van der Waals surface area contributed by atoms with Gasteiger partial charge in [0.05, 0.1) is 24.4 Å². The highest BCUT2D eigenvalue weighted by Gasteiger charge is 2.25. The number of hydrogen-bond donors (Lipinski definition) is 0. The molecule has 1 heterocycles. The Morgan fingerprint density at radius 2 is 2.22 bits per heavy atom. The quantitative estimate of drug-likeness (QED) is 0.822. The molecule has 0 bridgehead atoms. The van der Waals surface area contributed by atoms with Crippen LogP contribution in [0.1, 0.15) is 30.6 Å². The molecule has 0 spiro atoms. The maximum absolute atomic E-state index is 12.5. The topological polar surface area (TPSA) is 41.9 Å². The van der Waals surface area contributed by atoms with Crippen LogP contribution in [0.2, 0.25) is 0 Å². The fraction of sp³-hybridized carbons (Fsp3) is 0.429. The molecule has 0 fully saturated rings. The van der Waals surface area contributed by atoms with E-state index < -0.39 is 0 Å². The average molecular weight is 246 g/mol. The molecule has 1 amide bonds. The Balaban J connectivity index is 2.45. The fourth-order valence-corrected chi connectivity index (χ4v) is 2.08. The van der Waals surface area contributed by atoms with Crippen LogP contribution in [0.3, 0.4) is 0 Å². The Morgan fingerprint density at radius 1 is 1.44 bits per heavy atom. The molecule has 18 heavy (non-hydrogen) atoms. The lowest BCUT2D eigenvalue weighted by molar-refractivity contribution is 0.0740. The molecule has 1 atom stereocenters. The minimum Gasteiger partial charge on any atom is -0.497 e. The standard InChI is InChI=1S/C14H18N2O2/c1-4-7-16-10(2)9-15-13-6-5-11(18-3)8-12(13)14(16)17/h5-6,8-10H,4,7H2,1-3H3. The fourth-order valence-electron chi connectivity index (χ4n) is 2.08. The van der Waals surface area contributed by atoms with Gasteiger partial charge in [-0.15, -0.1) is 0 Å². The van der Waals surface area contributed by atoms with Crippen molar-refractivity contribution in [1.29, 1.82) is 0 Å². The predicted octanol–water partition coefficient (Wildman–Crippen LogP) is 2.65. The van der Waals surface area contributed by atoms with E-state index in [1.165, 1.54) is 0 Å². The van der Waals surface area contributed by atoms with Gasteiger partial charge in [-0.1, -0.05) is 6.92 Å². The molecule has 0 aromatic heterocycles. The Kier molecular flexibility index (Phi) is 3.65. The van der Waals surface area contributed by atoms with Crippen LogP contribution in [0.15, 0.2) is 23.2 Å². The van der Waals surface area contributed by atoms with E-state index in [2.05, 4.69) is 11.9 Å². The van der Waals surface area contributed by atoms with Gasteiger partial charge in [0.2, 0.25) is 0 Å². The summed E-state index contributed by atoms with van der Waals surface area (Å²) >= 11 is 0. The molecule has 1 aromatic rings. The number of nitrogens with zero attached hydrogens (tertiary/aromatic N) is 2. The highest BCUT2D eigenvalue weighted by molar-refractivity contribution is 6.02. The van der Waals surface area contributed by atoms with Gasteiger partial charge in [0.15, 0.2) is 0 Å². The Labute approximate surface area is 107 Å². The molecule has 1 aromatic carbocycles. The molecule has 2 rings (SSSR count). The summed E-state index contributed by atoms with van der Waals surface area (Å²) in [6.45, 7) is 4.79. The molecule has 4 heteroatoms. The number of ether oxygens (including phenoxy) is 1. The smallest absolute Gasteiger partial charge is 0.256 e. The van der Waals surface area contributed by atoms with E-state index in [-0.39, 0.29) is 11.9 Å². The summed E-state index contributed by atoms with van der Waals surface area (Å²) < 4.78 is 5.17. The molecule has 0 saturated carbocycles. The maximum atomic E-state index is 12.5. The minimum atomic E-state index is 0.0238. The molecule has 0 saturated heterocycles. The van der Waals surface area contributed by atoms with Crippen LogP contribution < -0.4 is 4.74 Å². The lowest BCUT2D eigenvalue weighted by atomic mass is 10.1. The molecule has 96 valence electrons. The molecule has 0 aliphatic carbocycles. The van der Waals surface area contributed by atoms with Gasteiger partial charge in [0.25, 0.3) is 5.91 Å². The Bertz CT molecular complexity index is 483. The third-order valence-corrected chi connectivity index (χ3v) is 3.08. The van der Waals surface area contributed by atoms with Crippen molar-refractivity contribution in [3.05, 3.63) is 23.8 Å². The first-order valence-corrected chi connectivity index (χ1v) is 6.20. The van der Waals surface area contributed by atoms with Crippen LogP contribution in [0, 0.1) is 0 Å². The number of methoxy groups -OCH3 is 1. The molecule has 4 nitrogen and oxygen atoms in total. The van der Waals surface area contributed by atoms with Crippen LogP contribution in [-0.4, -0.2) is 36.7 Å². The summed E-state index contributed by atoms with van der Waals surface area (Å²) in [7, 11) is 1.60. The molecule has 1 unspecified atom stereocenters. The van der Waals surface area contributed by atoms with Crippen molar-refractivity contribution >= 4 is 17.8 Å². The molecule has 1 aliphatic rings. The number of benzene rings is 1. The zero-order valence-electron chi connectivity index (χ0n) is 11.0. The van der Waals surface area contributed by atoms with Crippen LogP contribution in [0.5, 0.6) is 5.75 Å². The maximum Gasteiger partial charge on any atom is 0.256 e. The Morgan fingerprint density at radius 3 is 2.89 bits per heavy atom. The third-order valence-electron chi connectivity index (χ3n) is 3.08. The second-order valence-corrected chi connectivity index (χ2v) is 4.40. The Hall–Kier alpha value is -1.84. The van der Waals surface area contributed by atoms with Crippen LogP contribution in [-0.2, 0) is 0 Å². The van der Waals surface area contributed by atoms with Crippen molar-refractivity contribution in [3.63, 3.8) is 0 Å². The summed E-state index contributed by atoms with van der Waals surface area (Å²) in [6.07, 6.45) is 2.76. The van der Waals surface area contributed by atoms with E-state index in [9.17, 15) is 4.79 Å². The van der Waals surface area contributed by atoms with E-state index in [0.717, 1.165) is 13.0 Å². The molecular weight excluding hydrogens is 228 g/mol. The summed E-state index contributed by atoms with van der Waals surface area (Å²) in [5.41, 5.74) is 1.33. The van der Waals surface area contributed by atoms with Gasteiger partial charge in [0.1, 0.15) is 5.75 Å². The molecule has 1 aliphatic heterocycles. The van der Waals surface area contributed by atoms with Crippen molar-refractivity contribution in [3.8, 4) is 5.75 Å². The van der Waals surface area contributed by atoms with Gasteiger partial charge < -0.3 is 9.64 Å². The van der Waals surface area contributed by atoms with Crippen molar-refractivity contribution in [2.24, 2.45) is 4.99 Å². The first-order chi connectivity index (χ1) is 8.67. The van der Waals surface area contributed by atoms with Crippen molar-refractivity contribution < 1.29 is 9.53 Å². The van der Waals surface area contributed by atoms with E-state index >= 15 is 0 Å². The second kappa shape index (κ2) is 5.21. The number of rotatable bonds is 3. The molecule has 0 N–H and O–H groups in total. The summed E-state index contributed by atoms with van der Waals surface area (Å²) in [5, 5.41) is 0. The largest absolute Gasteiger partial charge is 0.497 e. The zero-order chi connectivity index (χ0) is 13.1.